The number of likely N-dealkylation sites (tertiary alicyclic amines) is 1. The van der Waals surface area contributed by atoms with Gasteiger partial charge in [0.05, 0.1) is 24.9 Å². The molecule has 122 valence electrons. The number of aromatic nitrogens is 2. The fraction of sp³-hybridized carbons (Fsp3) is 0.529. The molecule has 0 bridgehead atoms. The van der Waals surface area contributed by atoms with Crippen molar-refractivity contribution in [3.05, 3.63) is 24.5 Å². The van der Waals surface area contributed by atoms with Crippen LogP contribution < -0.4 is 10.1 Å². The van der Waals surface area contributed by atoms with Gasteiger partial charge in [0.25, 0.3) is 0 Å². The van der Waals surface area contributed by atoms with Crippen molar-refractivity contribution >= 4 is 17.1 Å². The third kappa shape index (κ3) is 2.98. The third-order valence-electron chi connectivity index (χ3n) is 4.77. The molecule has 6 heteroatoms. The number of ether oxygens (including phenoxy) is 1. The minimum absolute atomic E-state index is 0.0504. The Bertz CT molecular complexity index is 687. The Kier molecular flexibility index (Phi) is 3.81. The average molecular weight is 314 g/mol. The highest BCUT2D eigenvalue weighted by molar-refractivity contribution is 5.81. The molecule has 23 heavy (non-hydrogen) atoms. The van der Waals surface area contributed by atoms with Crippen LogP contribution in [0.4, 0.5) is 4.79 Å². The maximum Gasteiger partial charge on any atom is 0.317 e. The summed E-state index contributed by atoms with van der Waals surface area (Å²) in [5.41, 5.74) is 1.81. The fourth-order valence-electron chi connectivity index (χ4n) is 3.40. The Morgan fingerprint density at radius 2 is 2.09 bits per heavy atom. The molecule has 1 saturated carbocycles. The van der Waals surface area contributed by atoms with Crippen molar-refractivity contribution in [1.29, 1.82) is 0 Å². The molecule has 0 atom stereocenters. The van der Waals surface area contributed by atoms with Crippen molar-refractivity contribution in [3.63, 3.8) is 0 Å². The van der Waals surface area contributed by atoms with Gasteiger partial charge in [-0.05, 0) is 25.0 Å². The zero-order chi connectivity index (χ0) is 15.6. The lowest BCUT2D eigenvalue weighted by molar-refractivity contribution is 0.0438. The first kappa shape index (κ1) is 14.4. The highest BCUT2D eigenvalue weighted by Gasteiger charge is 2.33. The lowest BCUT2D eigenvalue weighted by Gasteiger charge is -2.39. The highest BCUT2D eigenvalue weighted by Crippen LogP contribution is 2.25. The molecule has 2 aliphatic rings. The van der Waals surface area contributed by atoms with E-state index in [0.717, 1.165) is 29.6 Å². The van der Waals surface area contributed by atoms with Crippen molar-refractivity contribution in [3.8, 4) is 5.75 Å². The van der Waals surface area contributed by atoms with Crippen LogP contribution in [0.25, 0.3) is 11.0 Å². The van der Waals surface area contributed by atoms with Crippen molar-refractivity contribution in [1.82, 2.24) is 20.2 Å². The Balaban J connectivity index is 1.29. The summed E-state index contributed by atoms with van der Waals surface area (Å²) in [6, 6.07) is 6.25. The van der Waals surface area contributed by atoms with Crippen molar-refractivity contribution in [2.24, 2.45) is 0 Å². The maximum atomic E-state index is 12.2. The van der Waals surface area contributed by atoms with Gasteiger partial charge in [-0.25, -0.2) is 9.78 Å². The lowest BCUT2D eigenvalue weighted by atomic mass is 9.95. The molecule has 2 heterocycles. The van der Waals surface area contributed by atoms with Gasteiger partial charge in [0.15, 0.2) is 0 Å². The molecule has 6 nitrogen and oxygen atoms in total. The van der Waals surface area contributed by atoms with Gasteiger partial charge in [0, 0.05) is 6.04 Å². The number of aromatic amines is 1. The van der Waals surface area contributed by atoms with E-state index < -0.39 is 0 Å². The number of carbonyl (C=O) groups is 1. The molecule has 0 spiro atoms. The number of rotatable bonds is 3. The third-order valence-corrected chi connectivity index (χ3v) is 4.77. The number of nitrogens with zero attached hydrogens (tertiary/aromatic N) is 2. The van der Waals surface area contributed by atoms with E-state index in [-0.39, 0.29) is 12.1 Å². The van der Waals surface area contributed by atoms with E-state index in [1.807, 2.05) is 23.1 Å². The zero-order valence-corrected chi connectivity index (χ0v) is 13.1. The Morgan fingerprint density at radius 1 is 1.26 bits per heavy atom. The summed E-state index contributed by atoms with van der Waals surface area (Å²) in [6.45, 7) is 1.28. The SMILES string of the molecule is O=C(NC1CCCCC1)N1CC(Oc2cccc3[nH]cnc23)C1. The van der Waals surface area contributed by atoms with Crippen molar-refractivity contribution in [2.75, 3.05) is 13.1 Å². The van der Waals surface area contributed by atoms with Gasteiger partial charge in [-0.2, -0.15) is 0 Å². The summed E-state index contributed by atoms with van der Waals surface area (Å²) in [7, 11) is 0. The smallest absolute Gasteiger partial charge is 0.317 e. The molecule has 0 radical (unpaired) electrons. The van der Waals surface area contributed by atoms with E-state index in [0.29, 0.717) is 19.1 Å². The number of hydrogen-bond donors (Lipinski definition) is 2. The first-order valence-corrected chi connectivity index (χ1v) is 8.44. The molecule has 4 rings (SSSR count). The van der Waals surface area contributed by atoms with E-state index >= 15 is 0 Å². The number of fused-ring (bicyclic) bond motifs is 1. The van der Waals surface area contributed by atoms with Crippen molar-refractivity contribution < 1.29 is 9.53 Å². The number of carbonyl (C=O) groups excluding carboxylic acids is 1. The molecule has 2 N–H and O–H groups in total. The van der Waals surface area contributed by atoms with Gasteiger partial charge >= 0.3 is 6.03 Å². The standard InChI is InChI=1S/C17H22N4O2/c22-17(20-12-5-2-1-3-6-12)21-9-13(10-21)23-15-8-4-7-14-16(15)19-11-18-14/h4,7-8,11-13H,1-3,5-6,9-10H2,(H,18,19)(H,20,22). The van der Waals surface area contributed by atoms with Crippen LogP contribution in [0.15, 0.2) is 24.5 Å². The molecule has 2 amide bonds. The lowest BCUT2D eigenvalue weighted by Crippen LogP contribution is -2.60. The van der Waals surface area contributed by atoms with Gasteiger partial charge in [-0.3, -0.25) is 0 Å². The molecule has 0 unspecified atom stereocenters. The van der Waals surface area contributed by atoms with Crippen LogP contribution in [-0.4, -0.2) is 46.1 Å². The van der Waals surface area contributed by atoms with Crippen molar-refractivity contribution in [2.45, 2.75) is 44.2 Å². The molecule has 2 aromatic rings. The molecule has 1 aromatic heterocycles. The largest absolute Gasteiger partial charge is 0.484 e. The number of para-hydroxylation sites is 1. The van der Waals surface area contributed by atoms with Gasteiger partial charge in [-0.1, -0.05) is 25.3 Å². The summed E-state index contributed by atoms with van der Waals surface area (Å²) >= 11 is 0. The monoisotopic (exact) mass is 314 g/mol. The van der Waals surface area contributed by atoms with E-state index in [1.165, 1.54) is 19.3 Å². The molecule has 1 aliphatic carbocycles. The minimum atomic E-state index is 0.0504. The summed E-state index contributed by atoms with van der Waals surface area (Å²) < 4.78 is 5.99. The predicted molar refractivity (Wildman–Crippen MR) is 87.5 cm³/mol. The number of nitrogens with one attached hydrogen (secondary N) is 2. The molecule has 1 aliphatic heterocycles. The molecular formula is C17H22N4O2. The number of H-pyrrole nitrogens is 1. The predicted octanol–water partition coefficient (Wildman–Crippen LogP) is 2.67. The summed E-state index contributed by atoms with van der Waals surface area (Å²) in [5.74, 6) is 0.779. The van der Waals surface area contributed by atoms with Crippen LogP contribution in [0, 0.1) is 0 Å². The van der Waals surface area contributed by atoms with Crippen LogP contribution >= 0.6 is 0 Å². The topological polar surface area (TPSA) is 70.2 Å². The second kappa shape index (κ2) is 6.10. The zero-order valence-electron chi connectivity index (χ0n) is 13.1. The second-order valence-corrected chi connectivity index (χ2v) is 6.48. The fourth-order valence-corrected chi connectivity index (χ4v) is 3.40. The summed E-state index contributed by atoms with van der Waals surface area (Å²) in [6.07, 6.45) is 7.69. The van der Waals surface area contributed by atoms with Gasteiger partial charge in [-0.15, -0.1) is 0 Å². The second-order valence-electron chi connectivity index (χ2n) is 6.48. The maximum absolute atomic E-state index is 12.2. The van der Waals surface area contributed by atoms with E-state index in [4.69, 9.17) is 4.74 Å². The summed E-state index contributed by atoms with van der Waals surface area (Å²) in [5, 5.41) is 3.14. The molecule has 2 fully saturated rings. The highest BCUT2D eigenvalue weighted by atomic mass is 16.5. The molecule has 1 aromatic carbocycles. The minimum Gasteiger partial charge on any atom is -0.484 e. The average Bonchev–Trinajstić information content (AvgIpc) is 3.00. The van der Waals surface area contributed by atoms with Crippen LogP contribution in [0.1, 0.15) is 32.1 Å². The van der Waals surface area contributed by atoms with Gasteiger partial charge in [0.2, 0.25) is 0 Å². The quantitative estimate of drug-likeness (QED) is 0.915. The first-order chi connectivity index (χ1) is 11.3. The summed E-state index contributed by atoms with van der Waals surface area (Å²) in [4.78, 5) is 21.4. The number of urea groups is 1. The van der Waals surface area contributed by atoms with Gasteiger partial charge < -0.3 is 19.9 Å². The van der Waals surface area contributed by atoms with Crippen LogP contribution in [-0.2, 0) is 0 Å². The number of hydrogen-bond acceptors (Lipinski definition) is 3. The van der Waals surface area contributed by atoms with E-state index in [9.17, 15) is 4.79 Å². The molecule has 1 saturated heterocycles. The molecular weight excluding hydrogens is 292 g/mol. The normalized spacial score (nSPS) is 19.6. The van der Waals surface area contributed by atoms with E-state index in [2.05, 4.69) is 15.3 Å². The van der Waals surface area contributed by atoms with Crippen LogP contribution in [0.5, 0.6) is 5.75 Å². The van der Waals surface area contributed by atoms with Crippen LogP contribution in [0.3, 0.4) is 0 Å². The number of amides is 2. The van der Waals surface area contributed by atoms with E-state index in [1.54, 1.807) is 6.33 Å². The Labute approximate surface area is 135 Å². The van der Waals surface area contributed by atoms with Gasteiger partial charge in [0.1, 0.15) is 17.4 Å². The first-order valence-electron chi connectivity index (χ1n) is 8.44. The Hall–Kier alpha value is -2.24. The number of imidazole rings is 1. The van der Waals surface area contributed by atoms with Crippen LogP contribution in [0.2, 0.25) is 0 Å². The Morgan fingerprint density at radius 3 is 2.91 bits per heavy atom. The number of benzene rings is 1.